The molecule has 4 nitrogen and oxygen atoms in total. The number of halogens is 3. The minimum atomic E-state index is -5.08. The number of hydrogen-bond donors (Lipinski definition) is 2. The zero-order valence-electron chi connectivity index (χ0n) is 10.2. The Balaban J connectivity index is 2.48. The molecule has 0 aliphatic rings. The molecule has 0 fully saturated rings. The van der Waals surface area contributed by atoms with E-state index in [1.54, 1.807) is 24.3 Å². The van der Waals surface area contributed by atoms with Gasteiger partial charge in [0.2, 0.25) is 0 Å². The van der Waals surface area contributed by atoms with E-state index in [1.165, 1.54) is 17.1 Å². The molecule has 0 aliphatic carbocycles. The lowest BCUT2D eigenvalue weighted by molar-refractivity contribution is -0.175. The fraction of sp³-hybridized carbons (Fsp3) is 0.333. The van der Waals surface area contributed by atoms with Crippen molar-refractivity contribution in [2.75, 3.05) is 5.75 Å². The van der Waals surface area contributed by atoms with Crippen molar-refractivity contribution in [1.82, 2.24) is 5.32 Å². The van der Waals surface area contributed by atoms with Crippen LogP contribution in [0.4, 0.5) is 13.2 Å². The Labute approximate surface area is 117 Å². The number of benzene rings is 1. The zero-order chi connectivity index (χ0) is 15.2. The van der Waals surface area contributed by atoms with E-state index in [4.69, 9.17) is 5.11 Å². The number of carbonyl (C=O) groups is 2. The first-order chi connectivity index (χ1) is 9.30. The summed E-state index contributed by atoms with van der Waals surface area (Å²) in [6.45, 7) is 0. The average molecular weight is 307 g/mol. The molecule has 0 saturated carbocycles. The fourth-order valence-electron chi connectivity index (χ4n) is 1.31. The summed E-state index contributed by atoms with van der Waals surface area (Å²) in [5.41, 5.74) is 0. The minimum absolute atomic E-state index is 0.100. The first kappa shape index (κ1) is 16.4. The zero-order valence-corrected chi connectivity index (χ0v) is 11.0. The highest BCUT2D eigenvalue weighted by molar-refractivity contribution is 7.99. The molecule has 20 heavy (non-hydrogen) atoms. The van der Waals surface area contributed by atoms with Crippen molar-refractivity contribution in [2.45, 2.75) is 23.5 Å². The van der Waals surface area contributed by atoms with E-state index >= 15 is 0 Å². The van der Waals surface area contributed by atoms with Gasteiger partial charge in [-0.15, -0.1) is 11.8 Å². The van der Waals surface area contributed by atoms with Crippen LogP contribution in [-0.2, 0) is 9.59 Å². The molecule has 8 heteroatoms. The number of carbonyl (C=O) groups excluding carboxylic acids is 1. The predicted octanol–water partition coefficient (Wildman–Crippen LogP) is 2.30. The van der Waals surface area contributed by atoms with Gasteiger partial charge in [-0.05, 0) is 18.6 Å². The van der Waals surface area contributed by atoms with Gasteiger partial charge in [-0.3, -0.25) is 4.79 Å². The molecule has 1 aromatic rings. The maximum Gasteiger partial charge on any atom is 0.471 e. The van der Waals surface area contributed by atoms with Crippen LogP contribution < -0.4 is 5.32 Å². The van der Waals surface area contributed by atoms with Gasteiger partial charge in [-0.25, -0.2) is 4.79 Å². The highest BCUT2D eigenvalue weighted by atomic mass is 32.2. The van der Waals surface area contributed by atoms with Crippen LogP contribution in [-0.4, -0.2) is 35.0 Å². The monoisotopic (exact) mass is 307 g/mol. The van der Waals surface area contributed by atoms with Gasteiger partial charge in [-0.1, -0.05) is 18.2 Å². The lowest BCUT2D eigenvalue weighted by Crippen LogP contribution is -2.47. The van der Waals surface area contributed by atoms with E-state index in [2.05, 4.69) is 0 Å². The Morgan fingerprint density at radius 2 is 1.85 bits per heavy atom. The number of aliphatic carboxylic acids is 1. The van der Waals surface area contributed by atoms with E-state index in [-0.39, 0.29) is 12.2 Å². The summed E-state index contributed by atoms with van der Waals surface area (Å²) in [6, 6.07) is 7.45. The van der Waals surface area contributed by atoms with Crippen LogP contribution in [0.2, 0.25) is 0 Å². The molecule has 1 amide bonds. The molecular weight excluding hydrogens is 295 g/mol. The Morgan fingerprint density at radius 3 is 2.35 bits per heavy atom. The average Bonchev–Trinajstić information content (AvgIpc) is 2.37. The molecule has 1 rings (SSSR count). The first-order valence-electron chi connectivity index (χ1n) is 5.59. The van der Waals surface area contributed by atoms with Crippen LogP contribution in [0.5, 0.6) is 0 Å². The lowest BCUT2D eigenvalue weighted by atomic mass is 10.2. The highest BCUT2D eigenvalue weighted by Gasteiger charge is 2.40. The van der Waals surface area contributed by atoms with Crippen molar-refractivity contribution in [3.8, 4) is 0 Å². The van der Waals surface area contributed by atoms with E-state index in [9.17, 15) is 22.8 Å². The number of alkyl halides is 3. The van der Waals surface area contributed by atoms with Crippen LogP contribution in [0.1, 0.15) is 6.42 Å². The van der Waals surface area contributed by atoms with Gasteiger partial charge in [0.25, 0.3) is 0 Å². The maximum atomic E-state index is 12.0. The van der Waals surface area contributed by atoms with Crippen molar-refractivity contribution >= 4 is 23.6 Å². The van der Waals surface area contributed by atoms with Crippen LogP contribution in [0.15, 0.2) is 35.2 Å². The summed E-state index contributed by atoms with van der Waals surface area (Å²) >= 11 is 1.30. The number of thioether (sulfide) groups is 1. The van der Waals surface area contributed by atoms with E-state index in [0.717, 1.165) is 4.90 Å². The summed E-state index contributed by atoms with van der Waals surface area (Å²) < 4.78 is 36.1. The second-order valence-electron chi connectivity index (χ2n) is 3.81. The van der Waals surface area contributed by atoms with Crippen LogP contribution in [0.3, 0.4) is 0 Å². The van der Waals surface area contributed by atoms with Gasteiger partial charge in [-0.2, -0.15) is 13.2 Å². The molecule has 1 atom stereocenters. The molecule has 2 N–H and O–H groups in total. The van der Waals surface area contributed by atoms with Crippen molar-refractivity contribution in [1.29, 1.82) is 0 Å². The quantitative estimate of drug-likeness (QED) is 0.792. The lowest BCUT2D eigenvalue weighted by Gasteiger charge is -2.15. The minimum Gasteiger partial charge on any atom is -0.480 e. The van der Waals surface area contributed by atoms with Crippen LogP contribution >= 0.6 is 11.8 Å². The number of hydrogen-bond acceptors (Lipinski definition) is 3. The van der Waals surface area contributed by atoms with Gasteiger partial charge < -0.3 is 10.4 Å². The molecular formula is C12H12F3NO3S. The van der Waals surface area contributed by atoms with Gasteiger partial charge in [0.05, 0.1) is 0 Å². The largest absolute Gasteiger partial charge is 0.480 e. The van der Waals surface area contributed by atoms with Crippen molar-refractivity contribution in [3.63, 3.8) is 0 Å². The predicted molar refractivity (Wildman–Crippen MR) is 67.4 cm³/mol. The van der Waals surface area contributed by atoms with E-state index in [1.807, 2.05) is 6.07 Å². The molecule has 110 valence electrons. The topological polar surface area (TPSA) is 66.4 Å². The van der Waals surface area contributed by atoms with Crippen molar-refractivity contribution < 1.29 is 27.9 Å². The van der Waals surface area contributed by atoms with Crippen molar-refractivity contribution in [2.24, 2.45) is 0 Å². The van der Waals surface area contributed by atoms with Gasteiger partial charge in [0, 0.05) is 10.6 Å². The first-order valence-corrected chi connectivity index (χ1v) is 6.57. The summed E-state index contributed by atoms with van der Waals surface area (Å²) in [6.07, 6.45) is -5.18. The van der Waals surface area contributed by atoms with Gasteiger partial charge in [0.1, 0.15) is 6.04 Å². The van der Waals surface area contributed by atoms with Gasteiger partial charge >= 0.3 is 18.1 Å². The van der Waals surface area contributed by atoms with E-state index < -0.39 is 24.1 Å². The second-order valence-corrected chi connectivity index (χ2v) is 4.98. The highest BCUT2D eigenvalue weighted by Crippen LogP contribution is 2.19. The molecule has 0 aromatic heterocycles. The Kier molecular flexibility index (Phi) is 5.87. The maximum absolute atomic E-state index is 12.0. The number of amides is 1. The molecule has 0 bridgehead atoms. The molecule has 0 saturated heterocycles. The smallest absolute Gasteiger partial charge is 0.471 e. The third-order valence-corrected chi connectivity index (χ3v) is 3.32. The Bertz CT molecular complexity index is 465. The number of rotatable bonds is 6. The number of nitrogens with one attached hydrogen (secondary N) is 1. The molecule has 0 spiro atoms. The van der Waals surface area contributed by atoms with Crippen LogP contribution in [0.25, 0.3) is 0 Å². The summed E-state index contributed by atoms with van der Waals surface area (Å²) in [7, 11) is 0. The molecule has 0 heterocycles. The number of carboxylic acid groups (broad SMARTS) is 1. The number of carboxylic acids is 1. The summed E-state index contributed by atoms with van der Waals surface area (Å²) in [4.78, 5) is 22.4. The van der Waals surface area contributed by atoms with Crippen LogP contribution in [0, 0.1) is 0 Å². The fourth-order valence-corrected chi connectivity index (χ4v) is 2.25. The third-order valence-electron chi connectivity index (χ3n) is 2.28. The van der Waals surface area contributed by atoms with Gasteiger partial charge in [0.15, 0.2) is 0 Å². The van der Waals surface area contributed by atoms with Crippen molar-refractivity contribution in [3.05, 3.63) is 30.3 Å². The molecule has 0 aliphatic heterocycles. The second kappa shape index (κ2) is 7.18. The molecule has 1 unspecified atom stereocenters. The summed E-state index contributed by atoms with van der Waals surface area (Å²) in [5.74, 6) is -3.45. The standard InChI is InChI=1S/C12H12F3NO3S/c13-12(14,15)11(19)16-9(10(17)18)6-7-20-8-4-2-1-3-5-8/h1-5,9H,6-7H2,(H,16,19)(H,17,18). The third kappa shape index (κ3) is 5.52. The van der Waals surface area contributed by atoms with E-state index in [0.29, 0.717) is 0 Å². The Hall–Kier alpha value is -1.70. The Morgan fingerprint density at radius 1 is 1.25 bits per heavy atom. The molecule has 1 aromatic carbocycles. The molecule has 0 radical (unpaired) electrons. The SMILES string of the molecule is O=C(O)C(CCSc1ccccc1)NC(=O)C(F)(F)F. The normalized spacial score (nSPS) is 12.8. The summed E-state index contributed by atoms with van der Waals surface area (Å²) in [5, 5.41) is 10.3.